The molecule has 3 nitrogen and oxygen atoms in total. The fourth-order valence-corrected chi connectivity index (χ4v) is 2.04. The van der Waals surface area contributed by atoms with Gasteiger partial charge in [-0.3, -0.25) is 0 Å². The van der Waals surface area contributed by atoms with Gasteiger partial charge in [0, 0.05) is 10.0 Å². The van der Waals surface area contributed by atoms with Gasteiger partial charge in [-0.2, -0.15) is 0 Å². The summed E-state index contributed by atoms with van der Waals surface area (Å²) in [6.07, 6.45) is -0.348. The maximum atomic E-state index is 5.73. The minimum atomic E-state index is -0.348. The molecule has 3 rings (SSSR count). The molecule has 1 fully saturated rings. The van der Waals surface area contributed by atoms with Crippen LogP contribution in [0.5, 0.6) is 0 Å². The summed E-state index contributed by atoms with van der Waals surface area (Å²) < 4.78 is 17.5. The van der Waals surface area contributed by atoms with Crippen molar-refractivity contribution in [2.45, 2.75) is 6.29 Å². The van der Waals surface area contributed by atoms with Gasteiger partial charge in [-0.1, -0.05) is 28.1 Å². The molecule has 0 radical (unpaired) electrons. The lowest BCUT2D eigenvalue weighted by molar-refractivity contribution is -0.0585. The summed E-state index contributed by atoms with van der Waals surface area (Å²) in [5.41, 5.74) is 1.04. The summed E-state index contributed by atoms with van der Waals surface area (Å²) in [4.78, 5) is 0. The van der Waals surface area contributed by atoms with Crippen molar-refractivity contribution in [3.63, 3.8) is 0 Å². The summed E-state index contributed by atoms with van der Waals surface area (Å²) in [6, 6.07) is 11.8. The first-order valence-corrected chi connectivity index (χ1v) is 6.21. The van der Waals surface area contributed by atoms with E-state index in [0.717, 1.165) is 21.6 Å². The van der Waals surface area contributed by atoms with Crippen molar-refractivity contribution in [3.05, 3.63) is 46.6 Å². The van der Waals surface area contributed by atoms with Crippen LogP contribution in [0.3, 0.4) is 0 Å². The fraction of sp³-hybridized carbons (Fsp3) is 0.231. The first-order chi connectivity index (χ1) is 8.33. The van der Waals surface area contributed by atoms with Crippen LogP contribution in [-0.4, -0.2) is 13.2 Å². The molecule has 88 valence electrons. The van der Waals surface area contributed by atoms with Crippen molar-refractivity contribution in [2.75, 3.05) is 13.2 Å². The maximum absolute atomic E-state index is 5.73. The number of benzene rings is 1. The van der Waals surface area contributed by atoms with E-state index < -0.39 is 0 Å². The Hall–Kier alpha value is -1.10. The number of rotatable bonds is 2. The fourth-order valence-electron chi connectivity index (χ4n) is 1.77. The zero-order valence-corrected chi connectivity index (χ0v) is 10.6. The van der Waals surface area contributed by atoms with E-state index in [4.69, 9.17) is 13.9 Å². The molecule has 0 spiro atoms. The van der Waals surface area contributed by atoms with Gasteiger partial charge in [0.05, 0.1) is 13.2 Å². The third kappa shape index (κ3) is 2.29. The Balaban J connectivity index is 1.86. The van der Waals surface area contributed by atoms with E-state index in [-0.39, 0.29) is 6.29 Å². The average molecular weight is 295 g/mol. The molecule has 0 saturated carbocycles. The smallest absolute Gasteiger partial charge is 0.217 e. The largest absolute Gasteiger partial charge is 0.456 e. The van der Waals surface area contributed by atoms with Crippen LogP contribution in [0.4, 0.5) is 0 Å². The average Bonchev–Trinajstić information content (AvgIpc) is 3.00. The second kappa shape index (κ2) is 4.64. The van der Waals surface area contributed by atoms with E-state index >= 15 is 0 Å². The first-order valence-electron chi connectivity index (χ1n) is 5.42. The minimum Gasteiger partial charge on any atom is -0.456 e. The molecule has 1 saturated heterocycles. The van der Waals surface area contributed by atoms with Crippen molar-refractivity contribution in [3.8, 4) is 11.3 Å². The van der Waals surface area contributed by atoms with E-state index in [0.29, 0.717) is 13.2 Å². The lowest BCUT2D eigenvalue weighted by Gasteiger charge is -2.04. The Morgan fingerprint density at radius 3 is 2.35 bits per heavy atom. The predicted molar refractivity (Wildman–Crippen MR) is 66.5 cm³/mol. The molecule has 4 heteroatoms. The molecular weight excluding hydrogens is 284 g/mol. The third-order valence-electron chi connectivity index (χ3n) is 2.61. The third-order valence-corrected chi connectivity index (χ3v) is 3.14. The molecule has 17 heavy (non-hydrogen) atoms. The van der Waals surface area contributed by atoms with Crippen LogP contribution in [0.25, 0.3) is 11.3 Å². The SMILES string of the molecule is Brc1ccc(-c2ccc(C3OCCO3)o2)cc1. The van der Waals surface area contributed by atoms with Crippen LogP contribution >= 0.6 is 15.9 Å². The monoisotopic (exact) mass is 294 g/mol. The summed E-state index contributed by atoms with van der Waals surface area (Å²) in [7, 11) is 0. The molecule has 1 aliphatic rings. The van der Waals surface area contributed by atoms with E-state index in [1.807, 2.05) is 36.4 Å². The zero-order chi connectivity index (χ0) is 11.7. The summed E-state index contributed by atoms with van der Waals surface area (Å²) in [5.74, 6) is 1.55. The molecule has 0 amide bonds. The van der Waals surface area contributed by atoms with Crippen molar-refractivity contribution in [1.29, 1.82) is 0 Å². The summed E-state index contributed by atoms with van der Waals surface area (Å²) in [6.45, 7) is 1.25. The van der Waals surface area contributed by atoms with E-state index in [9.17, 15) is 0 Å². The Bertz CT molecular complexity index is 498. The molecule has 1 aromatic heterocycles. The minimum absolute atomic E-state index is 0.348. The van der Waals surface area contributed by atoms with Gasteiger partial charge < -0.3 is 13.9 Å². The molecule has 0 N–H and O–H groups in total. The molecule has 1 aromatic carbocycles. The lowest BCUT2D eigenvalue weighted by Crippen LogP contribution is -1.94. The predicted octanol–water partition coefficient (Wildman–Crippen LogP) is 3.75. The van der Waals surface area contributed by atoms with Crippen LogP contribution < -0.4 is 0 Å². The molecule has 2 aromatic rings. The molecular formula is C13H11BrO3. The number of ether oxygens (including phenoxy) is 2. The van der Waals surface area contributed by atoms with Crippen molar-refractivity contribution in [1.82, 2.24) is 0 Å². The number of hydrogen-bond acceptors (Lipinski definition) is 3. The topological polar surface area (TPSA) is 31.6 Å². The normalized spacial score (nSPS) is 16.5. The van der Waals surface area contributed by atoms with E-state index in [1.54, 1.807) is 0 Å². The van der Waals surface area contributed by atoms with Gasteiger partial charge in [-0.05, 0) is 24.3 Å². The van der Waals surface area contributed by atoms with Gasteiger partial charge in [0.25, 0.3) is 0 Å². The van der Waals surface area contributed by atoms with E-state index in [2.05, 4.69) is 15.9 Å². The quantitative estimate of drug-likeness (QED) is 0.845. The molecule has 0 atom stereocenters. The van der Waals surface area contributed by atoms with Gasteiger partial charge in [0.2, 0.25) is 6.29 Å². The summed E-state index contributed by atoms with van der Waals surface area (Å²) >= 11 is 3.41. The Morgan fingerprint density at radius 1 is 0.941 bits per heavy atom. The van der Waals surface area contributed by atoms with Crippen LogP contribution in [0.15, 0.2) is 45.3 Å². The van der Waals surface area contributed by atoms with Crippen molar-refractivity contribution >= 4 is 15.9 Å². The molecule has 0 aliphatic carbocycles. The van der Waals surface area contributed by atoms with Gasteiger partial charge in [0.1, 0.15) is 5.76 Å². The van der Waals surface area contributed by atoms with Crippen molar-refractivity contribution in [2.24, 2.45) is 0 Å². The highest BCUT2D eigenvalue weighted by atomic mass is 79.9. The van der Waals surface area contributed by atoms with Gasteiger partial charge >= 0.3 is 0 Å². The number of furan rings is 1. The van der Waals surface area contributed by atoms with Crippen LogP contribution in [-0.2, 0) is 9.47 Å². The van der Waals surface area contributed by atoms with Crippen molar-refractivity contribution < 1.29 is 13.9 Å². The van der Waals surface area contributed by atoms with Gasteiger partial charge in [-0.15, -0.1) is 0 Å². The summed E-state index contributed by atoms with van der Waals surface area (Å²) in [5, 5.41) is 0. The second-order valence-electron chi connectivity index (χ2n) is 3.78. The van der Waals surface area contributed by atoms with Gasteiger partial charge in [-0.25, -0.2) is 0 Å². The zero-order valence-electron chi connectivity index (χ0n) is 9.06. The highest BCUT2D eigenvalue weighted by molar-refractivity contribution is 9.10. The molecule has 2 heterocycles. The van der Waals surface area contributed by atoms with Crippen LogP contribution in [0.2, 0.25) is 0 Å². The highest BCUT2D eigenvalue weighted by Gasteiger charge is 2.21. The highest BCUT2D eigenvalue weighted by Crippen LogP contribution is 2.30. The Morgan fingerprint density at radius 2 is 1.65 bits per heavy atom. The molecule has 1 aliphatic heterocycles. The maximum Gasteiger partial charge on any atom is 0.217 e. The van der Waals surface area contributed by atoms with Gasteiger partial charge in [0.15, 0.2) is 5.76 Å². The lowest BCUT2D eigenvalue weighted by atomic mass is 10.2. The number of hydrogen-bond donors (Lipinski definition) is 0. The Labute approximate surface area is 107 Å². The molecule has 0 bridgehead atoms. The van der Waals surface area contributed by atoms with Crippen LogP contribution in [0, 0.1) is 0 Å². The Kier molecular flexibility index (Phi) is 3.01. The standard InChI is InChI=1S/C13H11BrO3/c14-10-3-1-9(2-4-10)11-5-6-12(17-11)13-15-7-8-16-13/h1-6,13H,7-8H2. The second-order valence-corrected chi connectivity index (χ2v) is 4.70. The van der Waals surface area contributed by atoms with Crippen LogP contribution in [0.1, 0.15) is 12.1 Å². The number of halogens is 1. The van der Waals surface area contributed by atoms with E-state index in [1.165, 1.54) is 0 Å². The molecule has 0 unspecified atom stereocenters. The first kappa shape index (κ1) is 11.0.